The third-order valence-corrected chi connectivity index (χ3v) is 5.96. The first-order valence-corrected chi connectivity index (χ1v) is 10.1. The molecule has 3 aromatic rings. The van der Waals surface area contributed by atoms with Gasteiger partial charge in [0.1, 0.15) is 23.7 Å². The number of amides is 1. The topological polar surface area (TPSA) is 84.2 Å². The van der Waals surface area contributed by atoms with Gasteiger partial charge in [0.2, 0.25) is 5.71 Å². The third kappa shape index (κ3) is 3.26. The van der Waals surface area contributed by atoms with Crippen molar-refractivity contribution >= 4 is 74.1 Å². The second-order valence-electron chi connectivity index (χ2n) is 6.54. The van der Waals surface area contributed by atoms with Gasteiger partial charge in [-0.15, -0.1) is 0 Å². The number of fused-ring (bicyclic) bond motifs is 1. The number of hydrogen-bond donors (Lipinski definition) is 1. The van der Waals surface area contributed by atoms with Crippen LogP contribution in [0.25, 0.3) is 11.1 Å². The Balaban J connectivity index is 1.78. The van der Waals surface area contributed by atoms with Gasteiger partial charge in [0.25, 0.3) is 5.91 Å². The lowest BCUT2D eigenvalue weighted by molar-refractivity contribution is 0.101. The molecule has 0 bridgehead atoms. The number of rotatable bonds is 4. The van der Waals surface area contributed by atoms with Crippen LogP contribution in [-0.4, -0.2) is 26.4 Å². The number of carbonyl (C=O) groups is 1. The van der Waals surface area contributed by atoms with E-state index in [0.29, 0.717) is 34.1 Å². The Kier molecular flexibility index (Phi) is 4.53. The summed E-state index contributed by atoms with van der Waals surface area (Å²) in [6, 6.07) is 3.72. The number of anilines is 2. The summed E-state index contributed by atoms with van der Waals surface area (Å²) in [7, 11) is 0. The molecule has 26 heavy (non-hydrogen) atoms. The van der Waals surface area contributed by atoms with Gasteiger partial charge in [0.05, 0.1) is 33.8 Å². The molecule has 3 aromatic heterocycles. The molecular weight excluding hydrogens is 560 g/mol. The molecule has 0 aromatic carbocycles. The lowest BCUT2D eigenvalue weighted by Crippen LogP contribution is -2.22. The monoisotopic (exact) mass is 575 g/mol. The Labute approximate surface area is 177 Å². The van der Waals surface area contributed by atoms with Crippen molar-refractivity contribution in [1.82, 2.24) is 15.0 Å². The van der Waals surface area contributed by atoms with Crippen molar-refractivity contribution in [2.75, 3.05) is 8.43 Å². The number of aromatic nitrogens is 3. The van der Waals surface area contributed by atoms with Crippen LogP contribution in [0.4, 0.5) is 11.6 Å². The van der Waals surface area contributed by atoms with Crippen LogP contribution in [0.3, 0.4) is 0 Å². The average Bonchev–Trinajstić information content (AvgIpc) is 3.23. The fourth-order valence-corrected chi connectivity index (χ4v) is 3.53. The second-order valence-corrected chi connectivity index (χ2v) is 8.75. The highest BCUT2D eigenvalue weighted by atomic mass is 127. The van der Waals surface area contributed by atoms with Crippen LogP contribution in [0.15, 0.2) is 29.1 Å². The Morgan fingerprint density at radius 2 is 2.08 bits per heavy atom. The van der Waals surface area contributed by atoms with E-state index in [0.717, 1.165) is 16.4 Å². The number of aryl methyl sites for hydroxylation is 1. The summed E-state index contributed by atoms with van der Waals surface area (Å²) < 4.78 is 8.23. The van der Waals surface area contributed by atoms with Gasteiger partial charge >= 0.3 is 0 Å². The molecule has 1 saturated carbocycles. The van der Waals surface area contributed by atoms with Crippen molar-refractivity contribution in [3.05, 3.63) is 39.6 Å². The molecule has 1 amide bonds. The summed E-state index contributed by atoms with van der Waals surface area (Å²) in [4.78, 5) is 26.1. The number of nitrogens with zero attached hydrogens (tertiary/aromatic N) is 4. The normalized spacial score (nSPS) is 15.1. The summed E-state index contributed by atoms with van der Waals surface area (Å²) >= 11 is 4.14. The number of hydrogen-bond acceptors (Lipinski definition) is 6. The SMILES string of the molecule is Cc1oc2ncnc(NC3(C)CC3)c2c1C(=O)N(I)c1ccc(I)cn1. The zero-order valence-corrected chi connectivity index (χ0v) is 18.4. The zero-order chi connectivity index (χ0) is 18.5. The quantitative estimate of drug-likeness (QED) is 0.365. The molecule has 0 aliphatic heterocycles. The van der Waals surface area contributed by atoms with E-state index in [1.165, 1.54) is 9.44 Å². The van der Waals surface area contributed by atoms with Gasteiger partial charge in [-0.3, -0.25) is 4.79 Å². The number of halogens is 2. The van der Waals surface area contributed by atoms with Gasteiger partial charge in [-0.1, -0.05) is 0 Å². The lowest BCUT2D eigenvalue weighted by atomic mass is 10.1. The van der Waals surface area contributed by atoms with Gasteiger partial charge in [-0.05, 0) is 61.4 Å². The molecular formula is C17H15I2N5O2. The van der Waals surface area contributed by atoms with Crippen molar-refractivity contribution in [2.45, 2.75) is 32.2 Å². The van der Waals surface area contributed by atoms with E-state index >= 15 is 0 Å². The first kappa shape index (κ1) is 17.9. The number of furan rings is 1. The zero-order valence-electron chi connectivity index (χ0n) is 14.1. The predicted octanol–water partition coefficient (Wildman–Crippen LogP) is 4.49. The molecule has 4 rings (SSSR count). The van der Waals surface area contributed by atoms with E-state index in [4.69, 9.17) is 4.42 Å². The van der Waals surface area contributed by atoms with Gasteiger partial charge in [0.15, 0.2) is 0 Å². The summed E-state index contributed by atoms with van der Waals surface area (Å²) in [6.07, 6.45) is 5.32. The van der Waals surface area contributed by atoms with Gasteiger partial charge in [0, 0.05) is 15.3 Å². The maximum atomic E-state index is 13.2. The van der Waals surface area contributed by atoms with E-state index in [2.05, 4.69) is 49.8 Å². The smallest absolute Gasteiger partial charge is 0.272 e. The molecule has 9 heteroatoms. The van der Waals surface area contributed by atoms with E-state index in [9.17, 15) is 4.79 Å². The first-order valence-electron chi connectivity index (χ1n) is 8.02. The maximum absolute atomic E-state index is 13.2. The molecule has 0 spiro atoms. The highest BCUT2D eigenvalue weighted by molar-refractivity contribution is 14.1. The van der Waals surface area contributed by atoms with E-state index < -0.39 is 0 Å². The molecule has 1 aliphatic rings. The standard InChI is InChI=1S/C17H15I2N5O2/c1-9-12(16(25)24(19)11-4-3-10(18)7-20-11)13-14(23-17(2)5-6-17)21-8-22-15(13)26-9/h3-4,7-8H,5-6H2,1-2H3,(H,21,22,23). The fourth-order valence-electron chi connectivity index (χ4n) is 2.68. The molecule has 0 atom stereocenters. The van der Waals surface area contributed by atoms with E-state index in [1.54, 1.807) is 13.1 Å². The van der Waals surface area contributed by atoms with Crippen LogP contribution in [0, 0.1) is 10.5 Å². The summed E-state index contributed by atoms with van der Waals surface area (Å²) in [5, 5.41) is 4.05. The molecule has 0 radical (unpaired) electrons. The summed E-state index contributed by atoms with van der Waals surface area (Å²) in [5.41, 5.74) is 0.893. The molecule has 0 saturated heterocycles. The molecule has 1 N–H and O–H groups in total. The van der Waals surface area contributed by atoms with Crippen LogP contribution in [0.1, 0.15) is 35.9 Å². The minimum absolute atomic E-state index is 0.0223. The van der Waals surface area contributed by atoms with Crippen LogP contribution < -0.4 is 8.43 Å². The lowest BCUT2D eigenvalue weighted by Gasteiger charge is -2.15. The highest BCUT2D eigenvalue weighted by Gasteiger charge is 2.39. The Morgan fingerprint density at radius 3 is 2.73 bits per heavy atom. The number of pyridine rings is 1. The van der Waals surface area contributed by atoms with E-state index in [-0.39, 0.29) is 11.4 Å². The number of nitrogens with one attached hydrogen (secondary N) is 1. The summed E-state index contributed by atoms with van der Waals surface area (Å²) in [6.45, 7) is 3.90. The number of carbonyl (C=O) groups excluding carboxylic acids is 1. The van der Waals surface area contributed by atoms with Crippen molar-refractivity contribution in [2.24, 2.45) is 0 Å². The Bertz CT molecular complexity index is 998. The minimum Gasteiger partial charge on any atom is -0.442 e. The van der Waals surface area contributed by atoms with Gasteiger partial charge < -0.3 is 9.73 Å². The van der Waals surface area contributed by atoms with E-state index in [1.807, 2.05) is 35.0 Å². The first-order chi connectivity index (χ1) is 12.4. The molecule has 0 unspecified atom stereocenters. The van der Waals surface area contributed by atoms with Crippen molar-refractivity contribution in [3.8, 4) is 0 Å². The molecule has 1 fully saturated rings. The average molecular weight is 575 g/mol. The minimum atomic E-state index is -0.214. The van der Waals surface area contributed by atoms with Crippen molar-refractivity contribution < 1.29 is 9.21 Å². The molecule has 3 heterocycles. The maximum Gasteiger partial charge on any atom is 0.272 e. The Morgan fingerprint density at radius 1 is 1.31 bits per heavy atom. The highest BCUT2D eigenvalue weighted by Crippen LogP contribution is 2.40. The Hall–Kier alpha value is -1.50. The fraction of sp³-hybridized carbons (Fsp3) is 0.294. The largest absolute Gasteiger partial charge is 0.442 e. The van der Waals surface area contributed by atoms with Crippen LogP contribution >= 0.6 is 45.5 Å². The van der Waals surface area contributed by atoms with Crippen molar-refractivity contribution in [3.63, 3.8) is 0 Å². The third-order valence-electron chi connectivity index (χ3n) is 4.39. The van der Waals surface area contributed by atoms with Crippen LogP contribution in [0.2, 0.25) is 0 Å². The second kappa shape index (κ2) is 6.59. The molecule has 7 nitrogen and oxygen atoms in total. The molecule has 134 valence electrons. The predicted molar refractivity (Wildman–Crippen MR) is 116 cm³/mol. The van der Waals surface area contributed by atoms with Crippen LogP contribution in [0.5, 0.6) is 0 Å². The van der Waals surface area contributed by atoms with Crippen molar-refractivity contribution in [1.29, 1.82) is 0 Å². The summed E-state index contributed by atoms with van der Waals surface area (Å²) in [5.74, 6) is 1.50. The van der Waals surface area contributed by atoms with Crippen LogP contribution in [-0.2, 0) is 0 Å². The van der Waals surface area contributed by atoms with Gasteiger partial charge in [-0.25, -0.2) is 18.1 Å². The molecule has 1 aliphatic carbocycles. The van der Waals surface area contributed by atoms with Gasteiger partial charge in [-0.2, -0.15) is 0 Å².